The van der Waals surface area contributed by atoms with E-state index in [4.69, 9.17) is 14.2 Å². The van der Waals surface area contributed by atoms with Gasteiger partial charge in [0.15, 0.2) is 23.8 Å². The van der Waals surface area contributed by atoms with Gasteiger partial charge in [0.05, 0.1) is 11.4 Å². The molecule has 0 spiro atoms. The predicted molar refractivity (Wildman–Crippen MR) is 107 cm³/mol. The molecule has 1 amide bonds. The van der Waals surface area contributed by atoms with E-state index in [0.29, 0.717) is 35.5 Å². The second-order valence-electron chi connectivity index (χ2n) is 6.72. The average molecular weight is 409 g/mol. The van der Waals surface area contributed by atoms with Crippen LogP contribution in [0.3, 0.4) is 0 Å². The highest BCUT2D eigenvalue weighted by atomic mass is 16.6. The Hall–Kier alpha value is -3.88. The van der Waals surface area contributed by atoms with E-state index in [1.807, 2.05) is 19.1 Å². The first-order chi connectivity index (χ1) is 14.5. The van der Waals surface area contributed by atoms with E-state index in [0.717, 1.165) is 5.56 Å². The van der Waals surface area contributed by atoms with Crippen LogP contribution in [0.1, 0.15) is 29.0 Å². The molecular weight excluding hydrogens is 390 g/mol. The minimum atomic E-state index is -0.801. The Morgan fingerprint density at radius 3 is 2.67 bits per heavy atom. The zero-order chi connectivity index (χ0) is 21.1. The van der Waals surface area contributed by atoms with Gasteiger partial charge in [0.25, 0.3) is 11.5 Å². The van der Waals surface area contributed by atoms with Crippen molar-refractivity contribution in [1.82, 2.24) is 15.5 Å². The number of benzene rings is 2. The number of hydrogen-bond acceptors (Lipinski definition) is 7. The number of H-pyrrole nitrogens is 1. The van der Waals surface area contributed by atoms with Gasteiger partial charge in [-0.25, -0.2) is 9.89 Å². The van der Waals surface area contributed by atoms with Crippen molar-refractivity contribution < 1.29 is 23.8 Å². The summed E-state index contributed by atoms with van der Waals surface area (Å²) in [5.41, 5.74) is 0.359. The largest absolute Gasteiger partial charge is 0.486 e. The Labute approximate surface area is 171 Å². The molecule has 30 heavy (non-hydrogen) atoms. The van der Waals surface area contributed by atoms with Gasteiger partial charge >= 0.3 is 5.97 Å². The summed E-state index contributed by atoms with van der Waals surface area (Å²) in [5, 5.41) is 9.46. The molecule has 0 aliphatic carbocycles. The smallest absolute Gasteiger partial charge is 0.359 e. The number of aromatic amines is 1. The van der Waals surface area contributed by atoms with Crippen LogP contribution < -0.4 is 20.3 Å². The SMILES string of the molecule is C[C@@H](NC(=O)COC(=O)c1n[nH]c(=O)c2ccccc12)c1ccc2c(c1)OCCO2. The van der Waals surface area contributed by atoms with Gasteiger partial charge in [0.1, 0.15) is 13.2 Å². The summed E-state index contributed by atoms with van der Waals surface area (Å²) in [6.07, 6.45) is 0. The number of hydrogen-bond donors (Lipinski definition) is 2. The summed E-state index contributed by atoms with van der Waals surface area (Å²) < 4.78 is 16.1. The van der Waals surface area contributed by atoms with E-state index in [9.17, 15) is 14.4 Å². The Kier molecular flexibility index (Phi) is 5.34. The predicted octanol–water partition coefficient (Wildman–Crippen LogP) is 1.73. The second kappa shape index (κ2) is 8.24. The zero-order valence-corrected chi connectivity index (χ0v) is 16.1. The van der Waals surface area contributed by atoms with E-state index >= 15 is 0 Å². The molecular formula is C21H19N3O6. The number of ether oxygens (including phenoxy) is 3. The van der Waals surface area contributed by atoms with Crippen molar-refractivity contribution in [3.05, 3.63) is 64.1 Å². The lowest BCUT2D eigenvalue weighted by Crippen LogP contribution is -2.31. The molecule has 9 heteroatoms. The van der Waals surface area contributed by atoms with Gasteiger partial charge in [0, 0.05) is 5.39 Å². The minimum Gasteiger partial charge on any atom is -0.486 e. The summed E-state index contributed by atoms with van der Waals surface area (Å²) in [6.45, 7) is 2.30. The standard InChI is InChI=1S/C21H19N3O6/c1-12(13-6-7-16-17(10-13)29-9-8-28-16)22-18(25)11-30-21(27)19-14-4-2-3-5-15(14)20(26)24-23-19/h2-7,10,12H,8-9,11H2,1H3,(H,22,25)(H,24,26)/t12-/m1/s1. The maximum atomic E-state index is 12.4. The Bertz CT molecular complexity index is 1170. The molecule has 3 aromatic rings. The molecule has 9 nitrogen and oxygen atoms in total. The zero-order valence-electron chi connectivity index (χ0n) is 16.1. The van der Waals surface area contributed by atoms with Crippen molar-refractivity contribution in [1.29, 1.82) is 0 Å². The third-order valence-electron chi connectivity index (χ3n) is 4.67. The molecule has 1 atom stereocenters. The summed E-state index contributed by atoms with van der Waals surface area (Å²) in [4.78, 5) is 36.4. The highest BCUT2D eigenvalue weighted by Gasteiger charge is 2.19. The number of nitrogens with zero attached hydrogens (tertiary/aromatic N) is 1. The monoisotopic (exact) mass is 409 g/mol. The molecule has 1 aliphatic heterocycles. The van der Waals surface area contributed by atoms with Crippen molar-refractivity contribution in [2.24, 2.45) is 0 Å². The van der Waals surface area contributed by atoms with E-state index in [-0.39, 0.29) is 11.7 Å². The molecule has 0 bridgehead atoms. The van der Waals surface area contributed by atoms with Crippen LogP contribution in [-0.4, -0.2) is 41.9 Å². The van der Waals surface area contributed by atoms with Gasteiger partial charge in [-0.3, -0.25) is 9.59 Å². The maximum Gasteiger partial charge on any atom is 0.359 e. The number of fused-ring (bicyclic) bond motifs is 2. The molecule has 1 aliphatic rings. The van der Waals surface area contributed by atoms with Crippen molar-refractivity contribution >= 4 is 22.6 Å². The van der Waals surface area contributed by atoms with Gasteiger partial charge in [-0.15, -0.1) is 0 Å². The van der Waals surface area contributed by atoms with Gasteiger partial charge in [0.2, 0.25) is 0 Å². The number of amides is 1. The quantitative estimate of drug-likeness (QED) is 0.616. The molecule has 0 saturated heterocycles. The second-order valence-corrected chi connectivity index (χ2v) is 6.72. The first kappa shape index (κ1) is 19.4. The van der Waals surface area contributed by atoms with Crippen LogP contribution in [0.2, 0.25) is 0 Å². The number of nitrogens with one attached hydrogen (secondary N) is 2. The Morgan fingerprint density at radius 2 is 1.87 bits per heavy atom. The number of aromatic nitrogens is 2. The molecule has 2 heterocycles. The Morgan fingerprint density at radius 1 is 1.13 bits per heavy atom. The first-order valence-corrected chi connectivity index (χ1v) is 9.36. The molecule has 0 fully saturated rings. The van der Waals surface area contributed by atoms with Crippen LogP contribution >= 0.6 is 0 Å². The van der Waals surface area contributed by atoms with Crippen LogP contribution in [0.15, 0.2) is 47.3 Å². The lowest BCUT2D eigenvalue weighted by Gasteiger charge is -2.21. The molecule has 0 radical (unpaired) electrons. The van der Waals surface area contributed by atoms with Crippen LogP contribution in [-0.2, 0) is 9.53 Å². The van der Waals surface area contributed by atoms with Crippen LogP contribution in [0.25, 0.3) is 10.8 Å². The molecule has 0 unspecified atom stereocenters. The van der Waals surface area contributed by atoms with E-state index < -0.39 is 24.0 Å². The fourth-order valence-corrected chi connectivity index (χ4v) is 3.17. The van der Waals surface area contributed by atoms with E-state index in [1.165, 1.54) is 0 Å². The molecule has 2 N–H and O–H groups in total. The van der Waals surface area contributed by atoms with Gasteiger partial charge < -0.3 is 19.5 Å². The van der Waals surface area contributed by atoms with Crippen molar-refractivity contribution in [2.45, 2.75) is 13.0 Å². The molecule has 1 aromatic heterocycles. The van der Waals surface area contributed by atoms with Gasteiger partial charge in [-0.1, -0.05) is 24.3 Å². The fourth-order valence-electron chi connectivity index (χ4n) is 3.17. The normalized spacial score (nSPS) is 13.5. The molecule has 0 saturated carbocycles. The topological polar surface area (TPSA) is 120 Å². The van der Waals surface area contributed by atoms with Crippen LogP contribution in [0.4, 0.5) is 0 Å². The number of carbonyl (C=O) groups is 2. The summed E-state index contributed by atoms with van der Waals surface area (Å²) in [5.74, 6) is 0.0180. The highest BCUT2D eigenvalue weighted by Crippen LogP contribution is 2.32. The van der Waals surface area contributed by atoms with E-state index in [2.05, 4.69) is 15.5 Å². The number of carbonyl (C=O) groups excluding carboxylic acids is 2. The lowest BCUT2D eigenvalue weighted by molar-refractivity contribution is -0.124. The van der Waals surface area contributed by atoms with Gasteiger partial charge in [-0.2, -0.15) is 5.10 Å². The van der Waals surface area contributed by atoms with Crippen molar-refractivity contribution in [2.75, 3.05) is 19.8 Å². The van der Waals surface area contributed by atoms with Gasteiger partial charge in [-0.05, 0) is 30.7 Å². The number of esters is 1. The number of rotatable bonds is 5. The molecule has 2 aromatic carbocycles. The van der Waals surface area contributed by atoms with Crippen molar-refractivity contribution in [3.8, 4) is 11.5 Å². The van der Waals surface area contributed by atoms with Crippen molar-refractivity contribution in [3.63, 3.8) is 0 Å². The lowest BCUT2D eigenvalue weighted by atomic mass is 10.1. The maximum absolute atomic E-state index is 12.4. The van der Waals surface area contributed by atoms with E-state index in [1.54, 1.807) is 30.3 Å². The highest BCUT2D eigenvalue weighted by molar-refractivity contribution is 6.02. The first-order valence-electron chi connectivity index (χ1n) is 9.36. The minimum absolute atomic E-state index is 0.0575. The summed E-state index contributed by atoms with van der Waals surface area (Å²) >= 11 is 0. The third kappa shape index (κ3) is 3.95. The Balaban J connectivity index is 1.39. The summed E-state index contributed by atoms with van der Waals surface area (Å²) in [7, 11) is 0. The van der Waals surface area contributed by atoms with Crippen LogP contribution in [0.5, 0.6) is 11.5 Å². The summed E-state index contributed by atoms with van der Waals surface area (Å²) in [6, 6.07) is 11.6. The fraction of sp³-hybridized carbons (Fsp3) is 0.238. The molecule has 154 valence electrons. The molecule has 4 rings (SSSR count). The third-order valence-corrected chi connectivity index (χ3v) is 4.67. The van der Waals surface area contributed by atoms with Crippen LogP contribution in [0, 0.1) is 0 Å². The average Bonchev–Trinajstić information content (AvgIpc) is 2.77.